The first-order valence-corrected chi connectivity index (χ1v) is 8.76. The highest BCUT2D eigenvalue weighted by molar-refractivity contribution is 5.94. The molecule has 1 aliphatic rings. The first-order chi connectivity index (χ1) is 11.7. The van der Waals surface area contributed by atoms with Crippen LogP contribution in [0.5, 0.6) is 0 Å². The van der Waals surface area contributed by atoms with E-state index < -0.39 is 0 Å². The standard InChI is InChI=1S/C20H25N3O/c1-16-6-5-11-21-19(16)17-7-9-18(10-8-17)20(24)22-12-15-23-13-3-2-4-14-23/h5-11H,2-4,12-15H2,1H3,(H,22,24). The second-order valence-corrected chi connectivity index (χ2v) is 6.40. The number of nitrogens with zero attached hydrogens (tertiary/aromatic N) is 2. The first kappa shape index (κ1) is 16.7. The second kappa shape index (κ2) is 8.06. The van der Waals surface area contributed by atoms with Crippen LogP contribution in [0.1, 0.15) is 35.2 Å². The van der Waals surface area contributed by atoms with Gasteiger partial charge in [0, 0.05) is 30.4 Å². The fraction of sp³-hybridized carbons (Fsp3) is 0.400. The number of rotatable bonds is 5. The van der Waals surface area contributed by atoms with Gasteiger partial charge in [0.2, 0.25) is 0 Å². The van der Waals surface area contributed by atoms with Gasteiger partial charge in [-0.2, -0.15) is 0 Å². The summed E-state index contributed by atoms with van der Waals surface area (Å²) in [5, 5.41) is 3.02. The molecule has 1 aliphatic heterocycles. The Morgan fingerprint density at radius 3 is 2.58 bits per heavy atom. The van der Waals surface area contributed by atoms with E-state index >= 15 is 0 Å². The Morgan fingerprint density at radius 1 is 1.12 bits per heavy atom. The summed E-state index contributed by atoms with van der Waals surface area (Å²) in [6.45, 7) is 6.02. The Hall–Kier alpha value is -2.20. The molecule has 0 radical (unpaired) electrons. The third-order valence-corrected chi connectivity index (χ3v) is 4.59. The fourth-order valence-corrected chi connectivity index (χ4v) is 3.18. The SMILES string of the molecule is Cc1cccnc1-c1ccc(C(=O)NCCN2CCCCC2)cc1. The van der Waals surface area contributed by atoms with Gasteiger partial charge in [-0.25, -0.2) is 0 Å². The summed E-state index contributed by atoms with van der Waals surface area (Å²) in [6.07, 6.45) is 5.69. The highest BCUT2D eigenvalue weighted by Crippen LogP contribution is 2.20. The van der Waals surface area contributed by atoms with Crippen molar-refractivity contribution in [2.24, 2.45) is 0 Å². The Labute approximate surface area is 143 Å². The molecule has 2 aromatic rings. The van der Waals surface area contributed by atoms with Crippen LogP contribution >= 0.6 is 0 Å². The van der Waals surface area contributed by atoms with Crippen LogP contribution in [0.25, 0.3) is 11.3 Å². The lowest BCUT2D eigenvalue weighted by Gasteiger charge is -2.26. The Balaban J connectivity index is 1.55. The van der Waals surface area contributed by atoms with E-state index in [1.807, 2.05) is 43.3 Å². The van der Waals surface area contributed by atoms with Crippen molar-refractivity contribution in [2.75, 3.05) is 26.2 Å². The molecule has 0 saturated carbocycles. The van der Waals surface area contributed by atoms with Crippen molar-refractivity contribution in [1.82, 2.24) is 15.2 Å². The molecule has 1 N–H and O–H groups in total. The van der Waals surface area contributed by atoms with Gasteiger partial charge in [0.25, 0.3) is 5.91 Å². The monoisotopic (exact) mass is 323 g/mol. The molecular formula is C20H25N3O. The van der Waals surface area contributed by atoms with Gasteiger partial charge in [0.15, 0.2) is 0 Å². The highest BCUT2D eigenvalue weighted by atomic mass is 16.1. The molecule has 0 unspecified atom stereocenters. The smallest absolute Gasteiger partial charge is 0.251 e. The third kappa shape index (κ3) is 4.20. The van der Waals surface area contributed by atoms with Crippen LogP contribution in [0.4, 0.5) is 0 Å². The summed E-state index contributed by atoms with van der Waals surface area (Å²) < 4.78 is 0. The predicted octanol–water partition coefficient (Wildman–Crippen LogP) is 3.27. The van der Waals surface area contributed by atoms with Gasteiger partial charge >= 0.3 is 0 Å². The van der Waals surface area contributed by atoms with Crippen LogP contribution in [0.3, 0.4) is 0 Å². The van der Waals surface area contributed by atoms with Gasteiger partial charge in [-0.15, -0.1) is 0 Å². The predicted molar refractivity (Wildman–Crippen MR) is 97.0 cm³/mol. The normalized spacial score (nSPS) is 15.2. The van der Waals surface area contributed by atoms with Crippen molar-refractivity contribution < 1.29 is 4.79 Å². The maximum atomic E-state index is 12.3. The lowest BCUT2D eigenvalue weighted by Crippen LogP contribution is -2.37. The van der Waals surface area contributed by atoms with Crippen molar-refractivity contribution in [3.05, 3.63) is 53.7 Å². The number of likely N-dealkylation sites (tertiary alicyclic amines) is 1. The number of aryl methyl sites for hydroxylation is 1. The van der Waals surface area contributed by atoms with Crippen molar-refractivity contribution >= 4 is 5.91 Å². The summed E-state index contributed by atoms with van der Waals surface area (Å²) in [7, 11) is 0. The number of pyridine rings is 1. The summed E-state index contributed by atoms with van der Waals surface area (Å²) in [6, 6.07) is 11.7. The molecule has 126 valence electrons. The van der Waals surface area contributed by atoms with E-state index in [2.05, 4.69) is 15.2 Å². The van der Waals surface area contributed by atoms with E-state index in [0.29, 0.717) is 12.1 Å². The van der Waals surface area contributed by atoms with E-state index in [1.165, 1.54) is 19.3 Å². The number of hydrogen-bond donors (Lipinski definition) is 1. The van der Waals surface area contributed by atoms with Crippen LogP contribution in [0.2, 0.25) is 0 Å². The second-order valence-electron chi connectivity index (χ2n) is 6.40. The third-order valence-electron chi connectivity index (χ3n) is 4.59. The van der Waals surface area contributed by atoms with E-state index in [9.17, 15) is 4.79 Å². The van der Waals surface area contributed by atoms with Gasteiger partial charge in [-0.1, -0.05) is 24.6 Å². The van der Waals surface area contributed by atoms with Gasteiger partial charge in [0.1, 0.15) is 0 Å². The van der Waals surface area contributed by atoms with Gasteiger partial charge in [0.05, 0.1) is 5.69 Å². The molecule has 24 heavy (non-hydrogen) atoms. The number of amides is 1. The minimum absolute atomic E-state index is 0.00342. The summed E-state index contributed by atoms with van der Waals surface area (Å²) >= 11 is 0. The molecule has 2 heterocycles. The molecule has 3 rings (SSSR count). The molecule has 0 aliphatic carbocycles. The molecular weight excluding hydrogens is 298 g/mol. The Morgan fingerprint density at radius 2 is 1.88 bits per heavy atom. The maximum absolute atomic E-state index is 12.3. The zero-order valence-corrected chi connectivity index (χ0v) is 14.3. The van der Waals surface area contributed by atoms with Gasteiger partial charge in [-0.3, -0.25) is 9.78 Å². The molecule has 1 amide bonds. The largest absolute Gasteiger partial charge is 0.351 e. The van der Waals surface area contributed by atoms with Crippen LogP contribution in [0, 0.1) is 6.92 Å². The molecule has 1 aromatic carbocycles. The number of piperidine rings is 1. The van der Waals surface area contributed by atoms with Crippen molar-refractivity contribution in [3.63, 3.8) is 0 Å². The number of carbonyl (C=O) groups is 1. The summed E-state index contributed by atoms with van der Waals surface area (Å²) in [4.78, 5) is 19.1. The number of aromatic nitrogens is 1. The summed E-state index contributed by atoms with van der Waals surface area (Å²) in [5.74, 6) is -0.00342. The molecule has 0 bridgehead atoms. The van der Waals surface area contributed by atoms with E-state index in [4.69, 9.17) is 0 Å². The molecule has 1 fully saturated rings. The van der Waals surface area contributed by atoms with Crippen LogP contribution in [0.15, 0.2) is 42.6 Å². The van der Waals surface area contributed by atoms with Crippen molar-refractivity contribution in [3.8, 4) is 11.3 Å². The molecule has 0 atom stereocenters. The average Bonchev–Trinajstić information content (AvgIpc) is 2.63. The first-order valence-electron chi connectivity index (χ1n) is 8.76. The minimum Gasteiger partial charge on any atom is -0.351 e. The Kier molecular flexibility index (Phi) is 5.59. The zero-order valence-electron chi connectivity index (χ0n) is 14.3. The number of nitrogens with one attached hydrogen (secondary N) is 1. The summed E-state index contributed by atoms with van der Waals surface area (Å²) in [5.41, 5.74) is 3.84. The molecule has 1 saturated heterocycles. The van der Waals surface area contributed by atoms with Gasteiger partial charge in [-0.05, 0) is 56.6 Å². The van der Waals surface area contributed by atoms with E-state index in [1.54, 1.807) is 6.20 Å². The molecule has 4 heteroatoms. The van der Waals surface area contributed by atoms with Crippen LogP contribution < -0.4 is 5.32 Å². The topological polar surface area (TPSA) is 45.2 Å². The van der Waals surface area contributed by atoms with Crippen LogP contribution in [-0.4, -0.2) is 42.0 Å². The molecule has 4 nitrogen and oxygen atoms in total. The zero-order chi connectivity index (χ0) is 16.8. The number of benzene rings is 1. The minimum atomic E-state index is -0.00342. The van der Waals surface area contributed by atoms with Crippen molar-refractivity contribution in [2.45, 2.75) is 26.2 Å². The highest BCUT2D eigenvalue weighted by Gasteiger charge is 2.11. The number of hydrogen-bond acceptors (Lipinski definition) is 3. The number of carbonyl (C=O) groups excluding carboxylic acids is 1. The quantitative estimate of drug-likeness (QED) is 0.918. The van der Waals surface area contributed by atoms with Gasteiger partial charge < -0.3 is 10.2 Å². The van der Waals surface area contributed by atoms with Crippen LogP contribution in [-0.2, 0) is 0 Å². The fourth-order valence-electron chi connectivity index (χ4n) is 3.18. The Bertz CT molecular complexity index is 676. The molecule has 1 aromatic heterocycles. The maximum Gasteiger partial charge on any atom is 0.251 e. The molecule has 0 spiro atoms. The lowest BCUT2D eigenvalue weighted by atomic mass is 10.0. The average molecular weight is 323 g/mol. The lowest BCUT2D eigenvalue weighted by molar-refractivity contribution is 0.0946. The van der Waals surface area contributed by atoms with E-state index in [-0.39, 0.29) is 5.91 Å². The van der Waals surface area contributed by atoms with E-state index in [0.717, 1.165) is 36.5 Å². The van der Waals surface area contributed by atoms with Crippen molar-refractivity contribution in [1.29, 1.82) is 0 Å².